The van der Waals surface area contributed by atoms with Crippen LogP contribution in [0.5, 0.6) is 0 Å². The number of hydrogen-bond donors (Lipinski definition) is 2. The van der Waals surface area contributed by atoms with E-state index in [2.05, 4.69) is 23.2 Å². The zero-order chi connectivity index (χ0) is 18.1. The molecule has 0 radical (unpaired) electrons. The van der Waals surface area contributed by atoms with E-state index in [1.165, 1.54) is 5.56 Å². The third-order valence-electron chi connectivity index (χ3n) is 4.99. The smallest absolute Gasteiger partial charge is 0.142 e. The van der Waals surface area contributed by atoms with Gasteiger partial charge in [0.25, 0.3) is 0 Å². The Morgan fingerprint density at radius 2 is 2.04 bits per heavy atom. The van der Waals surface area contributed by atoms with E-state index in [9.17, 15) is 10.4 Å². The van der Waals surface area contributed by atoms with Crippen molar-refractivity contribution < 1.29 is 9.52 Å². The standard InChI is InChI=1S/C21H19N3O2/c22-11-17-19(18-10-9-14(12-25)26-18)16-8-4-7-15(20(16)24-21(17)23)13-5-2-1-3-6-13/h1-3,5-6,9-10,15,25H,4,7-8,12H2,(H2,23,24)/t15-/m0/s1. The second-order valence-electron chi connectivity index (χ2n) is 6.50. The third kappa shape index (κ3) is 2.65. The molecule has 130 valence electrons. The fourth-order valence-electron chi connectivity index (χ4n) is 3.81. The van der Waals surface area contributed by atoms with Crippen LogP contribution >= 0.6 is 0 Å². The number of hydrogen-bond acceptors (Lipinski definition) is 5. The predicted molar refractivity (Wildman–Crippen MR) is 98.2 cm³/mol. The van der Waals surface area contributed by atoms with Crippen molar-refractivity contribution in [2.24, 2.45) is 0 Å². The number of nitriles is 1. The number of anilines is 1. The van der Waals surface area contributed by atoms with E-state index in [-0.39, 0.29) is 18.3 Å². The quantitative estimate of drug-likeness (QED) is 0.753. The van der Waals surface area contributed by atoms with E-state index in [0.717, 1.165) is 36.1 Å². The third-order valence-corrected chi connectivity index (χ3v) is 4.99. The zero-order valence-corrected chi connectivity index (χ0v) is 14.3. The molecule has 0 spiro atoms. The van der Waals surface area contributed by atoms with Crippen LogP contribution in [0.2, 0.25) is 0 Å². The van der Waals surface area contributed by atoms with Gasteiger partial charge in [-0.1, -0.05) is 30.3 Å². The van der Waals surface area contributed by atoms with Gasteiger partial charge in [-0.15, -0.1) is 0 Å². The van der Waals surface area contributed by atoms with Gasteiger partial charge in [0.2, 0.25) is 0 Å². The minimum absolute atomic E-state index is 0.154. The molecule has 5 nitrogen and oxygen atoms in total. The molecule has 1 aliphatic carbocycles. The van der Waals surface area contributed by atoms with Gasteiger partial charge in [-0.3, -0.25) is 0 Å². The van der Waals surface area contributed by atoms with Crippen molar-refractivity contribution in [3.05, 3.63) is 70.6 Å². The average Bonchev–Trinajstić information content (AvgIpc) is 3.16. The highest BCUT2D eigenvalue weighted by atomic mass is 16.4. The SMILES string of the molecule is N#Cc1c(N)nc2c(c1-c1ccc(CO)o1)CCC[C@H]2c1ccccc1. The molecule has 0 unspecified atom stereocenters. The van der Waals surface area contributed by atoms with Crippen molar-refractivity contribution in [2.75, 3.05) is 5.73 Å². The summed E-state index contributed by atoms with van der Waals surface area (Å²) in [6.07, 6.45) is 2.82. The van der Waals surface area contributed by atoms with Crippen LogP contribution in [0.3, 0.4) is 0 Å². The molecule has 3 aromatic rings. The van der Waals surface area contributed by atoms with Crippen LogP contribution in [0.25, 0.3) is 11.3 Å². The summed E-state index contributed by atoms with van der Waals surface area (Å²) in [7, 11) is 0. The Morgan fingerprint density at radius 3 is 2.73 bits per heavy atom. The van der Waals surface area contributed by atoms with Crippen molar-refractivity contribution in [3.8, 4) is 17.4 Å². The fraction of sp³-hybridized carbons (Fsp3) is 0.238. The van der Waals surface area contributed by atoms with Crippen molar-refractivity contribution in [1.29, 1.82) is 5.26 Å². The predicted octanol–water partition coefficient (Wildman–Crippen LogP) is 3.76. The Balaban J connectivity index is 1.95. The molecule has 0 bridgehead atoms. The molecule has 0 aliphatic heterocycles. The summed E-state index contributed by atoms with van der Waals surface area (Å²) in [6, 6.07) is 15.9. The number of nitrogen functional groups attached to an aromatic ring is 1. The van der Waals surface area contributed by atoms with Gasteiger partial charge < -0.3 is 15.3 Å². The molecule has 2 heterocycles. The van der Waals surface area contributed by atoms with E-state index in [4.69, 9.17) is 10.2 Å². The number of aliphatic hydroxyl groups excluding tert-OH is 1. The molecule has 0 saturated carbocycles. The highest BCUT2D eigenvalue weighted by Gasteiger charge is 2.30. The monoisotopic (exact) mass is 345 g/mol. The van der Waals surface area contributed by atoms with Gasteiger partial charge in [-0.05, 0) is 42.5 Å². The summed E-state index contributed by atoms with van der Waals surface area (Å²) in [5.74, 6) is 1.40. The lowest BCUT2D eigenvalue weighted by molar-refractivity contribution is 0.248. The van der Waals surface area contributed by atoms with Gasteiger partial charge in [0, 0.05) is 11.5 Å². The van der Waals surface area contributed by atoms with Crippen molar-refractivity contribution in [2.45, 2.75) is 31.8 Å². The molecule has 5 heteroatoms. The van der Waals surface area contributed by atoms with Crippen LogP contribution in [-0.2, 0) is 13.0 Å². The lowest BCUT2D eigenvalue weighted by Gasteiger charge is -2.27. The molecule has 2 aromatic heterocycles. The minimum Gasteiger partial charge on any atom is -0.459 e. The first-order valence-corrected chi connectivity index (χ1v) is 8.70. The molecule has 0 fully saturated rings. The highest BCUT2D eigenvalue weighted by Crippen LogP contribution is 2.42. The molecule has 0 saturated heterocycles. The summed E-state index contributed by atoms with van der Waals surface area (Å²) in [4.78, 5) is 4.62. The van der Waals surface area contributed by atoms with Crippen molar-refractivity contribution in [3.63, 3.8) is 0 Å². The second-order valence-corrected chi connectivity index (χ2v) is 6.50. The Morgan fingerprint density at radius 1 is 1.23 bits per heavy atom. The molecular formula is C21H19N3O2. The second kappa shape index (κ2) is 6.66. The van der Waals surface area contributed by atoms with Crippen LogP contribution < -0.4 is 5.73 Å². The maximum Gasteiger partial charge on any atom is 0.142 e. The van der Waals surface area contributed by atoms with Gasteiger partial charge in [0.15, 0.2) is 0 Å². The van der Waals surface area contributed by atoms with Gasteiger partial charge in [0.1, 0.15) is 35.6 Å². The zero-order valence-electron chi connectivity index (χ0n) is 14.3. The maximum atomic E-state index is 9.65. The number of rotatable bonds is 3. The van der Waals surface area contributed by atoms with E-state index in [0.29, 0.717) is 17.1 Å². The molecule has 0 amide bonds. The van der Waals surface area contributed by atoms with E-state index < -0.39 is 0 Å². The highest BCUT2D eigenvalue weighted by molar-refractivity contribution is 5.77. The largest absolute Gasteiger partial charge is 0.459 e. The Bertz CT molecular complexity index is 986. The minimum atomic E-state index is -0.183. The van der Waals surface area contributed by atoms with Gasteiger partial charge in [0.05, 0.1) is 5.69 Å². The molecular weight excluding hydrogens is 326 g/mol. The van der Waals surface area contributed by atoms with Crippen LogP contribution in [0.15, 0.2) is 46.9 Å². The Labute approximate surface area is 151 Å². The van der Waals surface area contributed by atoms with Crippen LogP contribution in [0.1, 0.15) is 46.9 Å². The number of nitrogens with zero attached hydrogens (tertiary/aromatic N) is 2. The van der Waals surface area contributed by atoms with E-state index in [1.807, 2.05) is 18.2 Å². The fourth-order valence-corrected chi connectivity index (χ4v) is 3.81. The topological polar surface area (TPSA) is 96.1 Å². The normalized spacial score (nSPS) is 16.1. The van der Waals surface area contributed by atoms with E-state index >= 15 is 0 Å². The van der Waals surface area contributed by atoms with Crippen LogP contribution in [0, 0.1) is 11.3 Å². The number of nitrogens with two attached hydrogens (primary N) is 1. The Hall–Kier alpha value is -3.10. The summed E-state index contributed by atoms with van der Waals surface area (Å²) in [6.45, 7) is -0.183. The molecule has 1 aromatic carbocycles. The number of furan rings is 1. The van der Waals surface area contributed by atoms with Crippen molar-refractivity contribution >= 4 is 5.82 Å². The maximum absolute atomic E-state index is 9.65. The molecule has 3 N–H and O–H groups in total. The van der Waals surface area contributed by atoms with Crippen LogP contribution in [-0.4, -0.2) is 10.1 Å². The molecule has 26 heavy (non-hydrogen) atoms. The van der Waals surface area contributed by atoms with Gasteiger partial charge in [-0.25, -0.2) is 4.98 Å². The summed E-state index contributed by atoms with van der Waals surface area (Å²) in [5.41, 5.74) is 10.4. The van der Waals surface area contributed by atoms with Crippen LogP contribution in [0.4, 0.5) is 5.82 Å². The Kier molecular flexibility index (Phi) is 4.19. The summed E-state index contributed by atoms with van der Waals surface area (Å²) in [5, 5.41) is 19.0. The summed E-state index contributed by atoms with van der Waals surface area (Å²) >= 11 is 0. The number of aromatic nitrogens is 1. The summed E-state index contributed by atoms with van der Waals surface area (Å²) < 4.78 is 5.74. The molecule has 1 aliphatic rings. The molecule has 4 rings (SSSR count). The van der Waals surface area contributed by atoms with E-state index in [1.54, 1.807) is 12.1 Å². The average molecular weight is 345 g/mol. The lowest BCUT2D eigenvalue weighted by Crippen LogP contribution is -2.17. The first-order chi connectivity index (χ1) is 12.7. The molecule has 1 atom stereocenters. The van der Waals surface area contributed by atoms with Crippen molar-refractivity contribution in [1.82, 2.24) is 4.98 Å². The van der Waals surface area contributed by atoms with Gasteiger partial charge in [-0.2, -0.15) is 5.26 Å². The number of fused-ring (bicyclic) bond motifs is 1. The first-order valence-electron chi connectivity index (χ1n) is 8.70. The first kappa shape index (κ1) is 16.4. The number of pyridine rings is 1. The van der Waals surface area contributed by atoms with Gasteiger partial charge >= 0.3 is 0 Å². The number of benzene rings is 1. The lowest BCUT2D eigenvalue weighted by atomic mass is 9.79. The number of aliphatic hydroxyl groups is 1.